The van der Waals surface area contributed by atoms with Gasteiger partial charge in [0.2, 0.25) is 0 Å². The van der Waals surface area contributed by atoms with Gasteiger partial charge in [-0.2, -0.15) is 0 Å². The molecule has 0 aliphatic rings. The number of nitrogens with zero attached hydrogens (tertiary/aromatic N) is 2. The van der Waals surface area contributed by atoms with Crippen LogP contribution in [-0.2, 0) is 13.0 Å². The number of benzene rings is 1. The quantitative estimate of drug-likeness (QED) is 0.709. The summed E-state index contributed by atoms with van der Waals surface area (Å²) in [6.45, 7) is 1.62. The smallest absolute Gasteiger partial charge is 0.194 e. The van der Waals surface area contributed by atoms with E-state index in [0.29, 0.717) is 0 Å². The first-order valence-electron chi connectivity index (χ1n) is 6.29. The molecule has 2 aromatic heterocycles. The molecule has 3 aromatic rings. The van der Waals surface area contributed by atoms with Crippen LogP contribution in [0.5, 0.6) is 0 Å². The van der Waals surface area contributed by atoms with Crippen LogP contribution in [0.15, 0.2) is 40.4 Å². The largest absolute Gasteiger partial charge is 0.311 e. The predicted octanol–water partition coefficient (Wildman–Crippen LogP) is 3.63. The number of imidazole rings is 1. The summed E-state index contributed by atoms with van der Waals surface area (Å²) in [4.78, 5) is 5.35. The SMILES string of the molecule is Fc1ccc(CCNCc2cnc3sc(Br)cn23)cc1. The average molecular weight is 354 g/mol. The number of thiazole rings is 1. The zero-order chi connectivity index (χ0) is 13.9. The molecular weight excluding hydrogens is 341 g/mol. The van der Waals surface area contributed by atoms with Gasteiger partial charge >= 0.3 is 0 Å². The molecule has 0 radical (unpaired) electrons. The van der Waals surface area contributed by atoms with Gasteiger partial charge < -0.3 is 5.32 Å². The molecule has 1 aromatic carbocycles. The van der Waals surface area contributed by atoms with Gasteiger partial charge in [-0.15, -0.1) is 0 Å². The molecule has 20 heavy (non-hydrogen) atoms. The molecule has 3 nitrogen and oxygen atoms in total. The van der Waals surface area contributed by atoms with Crippen molar-refractivity contribution in [3.05, 3.63) is 57.5 Å². The normalized spacial score (nSPS) is 11.3. The first kappa shape index (κ1) is 13.7. The molecule has 0 amide bonds. The van der Waals surface area contributed by atoms with Gasteiger partial charge in [-0.1, -0.05) is 23.5 Å². The van der Waals surface area contributed by atoms with E-state index in [-0.39, 0.29) is 5.82 Å². The van der Waals surface area contributed by atoms with Gasteiger partial charge in [-0.3, -0.25) is 4.40 Å². The fraction of sp³-hybridized carbons (Fsp3) is 0.214. The standard InChI is InChI=1S/C14H13BrFN3S/c15-13-9-19-12(8-18-14(19)20-13)7-17-6-5-10-1-3-11(16)4-2-10/h1-4,8-9,17H,5-7H2. The Labute approximate surface area is 128 Å². The Bertz CT molecular complexity index is 705. The predicted molar refractivity (Wildman–Crippen MR) is 82.6 cm³/mol. The van der Waals surface area contributed by atoms with Crippen LogP contribution in [0.3, 0.4) is 0 Å². The van der Waals surface area contributed by atoms with Crippen LogP contribution in [0.25, 0.3) is 4.96 Å². The summed E-state index contributed by atoms with van der Waals surface area (Å²) in [7, 11) is 0. The molecule has 0 bridgehead atoms. The number of nitrogens with one attached hydrogen (secondary N) is 1. The van der Waals surface area contributed by atoms with Crippen molar-refractivity contribution in [2.45, 2.75) is 13.0 Å². The van der Waals surface area contributed by atoms with Crippen molar-refractivity contribution in [2.24, 2.45) is 0 Å². The van der Waals surface area contributed by atoms with Gasteiger partial charge in [-0.25, -0.2) is 9.37 Å². The third kappa shape index (κ3) is 3.08. The van der Waals surface area contributed by atoms with Crippen LogP contribution >= 0.6 is 27.3 Å². The molecule has 0 unspecified atom stereocenters. The average Bonchev–Trinajstić information content (AvgIpc) is 2.97. The Morgan fingerprint density at radius 1 is 1.30 bits per heavy atom. The van der Waals surface area contributed by atoms with Crippen LogP contribution in [-0.4, -0.2) is 15.9 Å². The van der Waals surface area contributed by atoms with E-state index in [2.05, 4.69) is 30.6 Å². The lowest BCUT2D eigenvalue weighted by Gasteiger charge is -2.04. The summed E-state index contributed by atoms with van der Waals surface area (Å²) in [5, 5.41) is 3.39. The van der Waals surface area contributed by atoms with E-state index in [1.165, 1.54) is 12.1 Å². The third-order valence-corrected chi connectivity index (χ3v) is 4.54. The number of rotatable bonds is 5. The Kier molecular flexibility index (Phi) is 4.14. The Hall–Kier alpha value is -1.24. The summed E-state index contributed by atoms with van der Waals surface area (Å²) >= 11 is 5.08. The van der Waals surface area contributed by atoms with Gasteiger partial charge in [0.05, 0.1) is 15.7 Å². The lowest BCUT2D eigenvalue weighted by molar-refractivity contribution is 0.625. The minimum atomic E-state index is -0.189. The van der Waals surface area contributed by atoms with Gasteiger partial charge in [0.25, 0.3) is 0 Å². The van der Waals surface area contributed by atoms with Gasteiger partial charge in [0.1, 0.15) is 5.82 Å². The Balaban J connectivity index is 1.53. The first-order valence-corrected chi connectivity index (χ1v) is 7.90. The highest BCUT2D eigenvalue weighted by atomic mass is 79.9. The van der Waals surface area contributed by atoms with Crippen molar-refractivity contribution < 1.29 is 4.39 Å². The third-order valence-electron chi connectivity index (χ3n) is 3.07. The second-order valence-corrected chi connectivity index (χ2v) is 6.88. The molecule has 104 valence electrons. The summed E-state index contributed by atoms with van der Waals surface area (Å²) in [5.41, 5.74) is 2.27. The number of aromatic nitrogens is 2. The molecule has 2 heterocycles. The summed E-state index contributed by atoms with van der Waals surface area (Å²) in [5.74, 6) is -0.189. The van der Waals surface area contributed by atoms with Crippen molar-refractivity contribution in [3.63, 3.8) is 0 Å². The van der Waals surface area contributed by atoms with Crippen molar-refractivity contribution in [3.8, 4) is 0 Å². The molecule has 0 saturated heterocycles. The van der Waals surface area contributed by atoms with E-state index < -0.39 is 0 Å². The van der Waals surface area contributed by atoms with E-state index in [9.17, 15) is 4.39 Å². The molecule has 0 atom stereocenters. The highest BCUT2D eigenvalue weighted by molar-refractivity contribution is 9.11. The number of fused-ring (bicyclic) bond motifs is 1. The maximum atomic E-state index is 12.8. The Morgan fingerprint density at radius 3 is 2.90 bits per heavy atom. The first-order chi connectivity index (χ1) is 9.72. The Morgan fingerprint density at radius 2 is 2.10 bits per heavy atom. The van der Waals surface area contributed by atoms with Crippen molar-refractivity contribution in [1.82, 2.24) is 14.7 Å². The fourth-order valence-corrected chi connectivity index (χ4v) is 3.38. The van der Waals surface area contributed by atoms with E-state index in [1.807, 2.05) is 24.5 Å². The van der Waals surface area contributed by atoms with Crippen LogP contribution in [0, 0.1) is 5.82 Å². The minimum absolute atomic E-state index is 0.189. The maximum absolute atomic E-state index is 12.8. The van der Waals surface area contributed by atoms with Gasteiger partial charge in [-0.05, 0) is 46.6 Å². The second-order valence-electron chi connectivity index (χ2n) is 4.49. The molecule has 0 aliphatic carbocycles. The molecule has 0 fully saturated rings. The van der Waals surface area contributed by atoms with Crippen LogP contribution in [0.2, 0.25) is 0 Å². The van der Waals surface area contributed by atoms with Crippen LogP contribution in [0.1, 0.15) is 11.3 Å². The minimum Gasteiger partial charge on any atom is -0.311 e. The lowest BCUT2D eigenvalue weighted by atomic mass is 10.1. The summed E-state index contributed by atoms with van der Waals surface area (Å²) in [6.07, 6.45) is 4.81. The number of halogens is 2. The topological polar surface area (TPSA) is 29.3 Å². The van der Waals surface area contributed by atoms with E-state index in [4.69, 9.17) is 0 Å². The second kappa shape index (κ2) is 6.03. The van der Waals surface area contributed by atoms with E-state index in [1.54, 1.807) is 11.3 Å². The number of hydrogen-bond acceptors (Lipinski definition) is 3. The monoisotopic (exact) mass is 353 g/mol. The summed E-state index contributed by atoms with van der Waals surface area (Å²) in [6, 6.07) is 6.64. The number of hydrogen-bond donors (Lipinski definition) is 1. The maximum Gasteiger partial charge on any atom is 0.194 e. The lowest BCUT2D eigenvalue weighted by Crippen LogP contribution is -2.17. The zero-order valence-electron chi connectivity index (χ0n) is 10.6. The molecule has 3 rings (SSSR count). The van der Waals surface area contributed by atoms with Gasteiger partial charge in [0, 0.05) is 12.7 Å². The highest BCUT2D eigenvalue weighted by Gasteiger charge is 2.06. The molecule has 0 aliphatic heterocycles. The molecule has 0 saturated carbocycles. The molecule has 1 N–H and O–H groups in total. The molecule has 0 spiro atoms. The molecular formula is C14H13BrFN3S. The summed E-state index contributed by atoms with van der Waals surface area (Å²) < 4.78 is 15.9. The van der Waals surface area contributed by atoms with Crippen molar-refractivity contribution in [2.75, 3.05) is 6.54 Å². The van der Waals surface area contributed by atoms with Crippen molar-refractivity contribution >= 4 is 32.2 Å². The van der Waals surface area contributed by atoms with Gasteiger partial charge in [0.15, 0.2) is 4.96 Å². The zero-order valence-corrected chi connectivity index (χ0v) is 13.0. The van der Waals surface area contributed by atoms with Crippen LogP contribution in [0.4, 0.5) is 4.39 Å². The van der Waals surface area contributed by atoms with Crippen molar-refractivity contribution in [1.29, 1.82) is 0 Å². The fourth-order valence-electron chi connectivity index (χ4n) is 2.04. The highest BCUT2D eigenvalue weighted by Crippen LogP contribution is 2.23. The van der Waals surface area contributed by atoms with Crippen LogP contribution < -0.4 is 5.32 Å². The molecule has 6 heteroatoms. The van der Waals surface area contributed by atoms with E-state index >= 15 is 0 Å². The van der Waals surface area contributed by atoms with E-state index in [0.717, 1.165) is 39.5 Å².